The highest BCUT2D eigenvalue weighted by atomic mass is 16.5. The Labute approximate surface area is 128 Å². The van der Waals surface area contributed by atoms with Crippen LogP contribution in [-0.2, 0) is 6.54 Å². The first-order chi connectivity index (χ1) is 10.1. The van der Waals surface area contributed by atoms with Crippen LogP contribution in [0.5, 0.6) is 5.75 Å². The van der Waals surface area contributed by atoms with Gasteiger partial charge < -0.3 is 14.7 Å². The quantitative estimate of drug-likeness (QED) is 0.873. The highest BCUT2D eigenvalue weighted by Crippen LogP contribution is 2.39. The topological polar surface area (TPSA) is 32.7 Å². The summed E-state index contributed by atoms with van der Waals surface area (Å²) < 4.78 is 5.43. The maximum absolute atomic E-state index is 9.92. The normalized spacial score (nSPS) is 26.0. The average molecular weight is 291 g/mol. The van der Waals surface area contributed by atoms with E-state index >= 15 is 0 Å². The number of para-hydroxylation sites is 1. The van der Waals surface area contributed by atoms with Crippen LogP contribution in [0.4, 0.5) is 0 Å². The van der Waals surface area contributed by atoms with Crippen LogP contribution in [0.1, 0.15) is 38.2 Å². The Morgan fingerprint density at radius 3 is 2.81 bits per heavy atom. The van der Waals surface area contributed by atoms with Crippen molar-refractivity contribution in [3.8, 4) is 5.75 Å². The second-order valence-electron chi connectivity index (χ2n) is 6.84. The molecule has 118 valence electrons. The Morgan fingerprint density at radius 2 is 2.14 bits per heavy atom. The molecule has 2 rings (SSSR count). The minimum atomic E-state index is 0.0778. The molecule has 0 saturated heterocycles. The lowest BCUT2D eigenvalue weighted by molar-refractivity contribution is 0.0289. The molecule has 2 atom stereocenters. The second-order valence-corrected chi connectivity index (χ2v) is 6.84. The van der Waals surface area contributed by atoms with Gasteiger partial charge in [0, 0.05) is 30.7 Å². The molecule has 0 aliphatic heterocycles. The average Bonchev–Trinajstić information content (AvgIpc) is 2.47. The highest BCUT2D eigenvalue weighted by molar-refractivity contribution is 5.33. The fourth-order valence-electron chi connectivity index (χ4n) is 3.86. The van der Waals surface area contributed by atoms with Crippen LogP contribution in [-0.4, -0.2) is 37.3 Å². The summed E-state index contributed by atoms with van der Waals surface area (Å²) in [7, 11) is 3.86. The van der Waals surface area contributed by atoms with Crippen molar-refractivity contribution in [3.05, 3.63) is 29.8 Å². The van der Waals surface area contributed by atoms with Crippen LogP contribution < -0.4 is 4.74 Å². The Balaban J connectivity index is 2.01. The molecular weight excluding hydrogens is 262 g/mol. The fraction of sp³-hybridized carbons (Fsp3) is 0.667. The van der Waals surface area contributed by atoms with Crippen molar-refractivity contribution in [3.63, 3.8) is 0 Å². The van der Waals surface area contributed by atoms with Crippen molar-refractivity contribution in [1.82, 2.24) is 4.90 Å². The summed E-state index contributed by atoms with van der Waals surface area (Å²) in [6.45, 7) is 4.42. The SMILES string of the molecule is COc1ccccc1CN(C)CC1(CO)CCCC(C)C1. The molecule has 1 aromatic carbocycles. The molecule has 0 bridgehead atoms. The number of nitrogens with zero attached hydrogens (tertiary/aromatic N) is 1. The number of hydrogen-bond acceptors (Lipinski definition) is 3. The Bertz CT molecular complexity index is 449. The van der Waals surface area contributed by atoms with E-state index in [0.29, 0.717) is 6.61 Å². The zero-order valence-corrected chi connectivity index (χ0v) is 13.6. The summed E-state index contributed by atoms with van der Waals surface area (Å²) in [6.07, 6.45) is 4.83. The van der Waals surface area contributed by atoms with Crippen molar-refractivity contribution in [2.75, 3.05) is 27.3 Å². The number of aliphatic hydroxyl groups excluding tert-OH is 1. The van der Waals surface area contributed by atoms with Gasteiger partial charge in [-0.25, -0.2) is 0 Å². The summed E-state index contributed by atoms with van der Waals surface area (Å²) in [5.41, 5.74) is 1.29. The van der Waals surface area contributed by atoms with Gasteiger partial charge in [0.2, 0.25) is 0 Å². The van der Waals surface area contributed by atoms with E-state index in [0.717, 1.165) is 37.6 Å². The van der Waals surface area contributed by atoms with E-state index in [1.807, 2.05) is 12.1 Å². The molecule has 1 aromatic rings. The summed E-state index contributed by atoms with van der Waals surface area (Å²) in [6, 6.07) is 8.18. The molecular formula is C18H29NO2. The van der Waals surface area contributed by atoms with Crippen molar-refractivity contribution >= 4 is 0 Å². The minimum Gasteiger partial charge on any atom is -0.496 e. The number of benzene rings is 1. The molecule has 3 nitrogen and oxygen atoms in total. The largest absolute Gasteiger partial charge is 0.496 e. The Morgan fingerprint density at radius 1 is 1.38 bits per heavy atom. The summed E-state index contributed by atoms with van der Waals surface area (Å²) in [5.74, 6) is 1.67. The van der Waals surface area contributed by atoms with E-state index in [2.05, 4.69) is 31.0 Å². The molecule has 0 amide bonds. The van der Waals surface area contributed by atoms with Crippen LogP contribution in [0.15, 0.2) is 24.3 Å². The second kappa shape index (κ2) is 7.28. The summed E-state index contributed by atoms with van der Waals surface area (Å²) in [5, 5.41) is 9.92. The molecule has 0 spiro atoms. The van der Waals surface area contributed by atoms with E-state index in [1.54, 1.807) is 7.11 Å². The van der Waals surface area contributed by atoms with Gasteiger partial charge in [0.05, 0.1) is 7.11 Å². The van der Waals surface area contributed by atoms with Crippen LogP contribution >= 0.6 is 0 Å². The van der Waals surface area contributed by atoms with Crippen LogP contribution in [0, 0.1) is 11.3 Å². The number of aliphatic hydroxyl groups is 1. The zero-order chi connectivity index (χ0) is 15.3. The van der Waals surface area contributed by atoms with Gasteiger partial charge in [-0.05, 0) is 31.9 Å². The minimum absolute atomic E-state index is 0.0778. The number of ether oxygens (including phenoxy) is 1. The molecule has 0 radical (unpaired) electrons. The summed E-state index contributed by atoms with van der Waals surface area (Å²) >= 11 is 0. The molecule has 1 aliphatic carbocycles. The molecule has 1 saturated carbocycles. The maximum Gasteiger partial charge on any atom is 0.123 e. The van der Waals surface area contributed by atoms with Gasteiger partial charge in [0.15, 0.2) is 0 Å². The third-order valence-corrected chi connectivity index (χ3v) is 4.76. The molecule has 1 N–H and O–H groups in total. The zero-order valence-electron chi connectivity index (χ0n) is 13.6. The molecule has 1 aliphatic rings. The molecule has 0 aromatic heterocycles. The van der Waals surface area contributed by atoms with Gasteiger partial charge in [0.25, 0.3) is 0 Å². The monoisotopic (exact) mass is 291 g/mol. The fourth-order valence-corrected chi connectivity index (χ4v) is 3.86. The van der Waals surface area contributed by atoms with Gasteiger partial charge in [-0.3, -0.25) is 0 Å². The third-order valence-electron chi connectivity index (χ3n) is 4.76. The number of hydrogen-bond donors (Lipinski definition) is 1. The van der Waals surface area contributed by atoms with Gasteiger partial charge in [-0.2, -0.15) is 0 Å². The molecule has 21 heavy (non-hydrogen) atoms. The first kappa shape index (κ1) is 16.3. The van der Waals surface area contributed by atoms with E-state index < -0.39 is 0 Å². The summed E-state index contributed by atoms with van der Waals surface area (Å²) in [4.78, 5) is 2.33. The van der Waals surface area contributed by atoms with E-state index in [1.165, 1.54) is 18.4 Å². The third kappa shape index (κ3) is 4.21. The molecule has 2 unspecified atom stereocenters. The Hall–Kier alpha value is -1.06. The standard InChI is InChI=1S/C18H29NO2/c1-15-7-6-10-18(11-15,14-20)13-19(2)12-16-8-4-5-9-17(16)21-3/h4-5,8-9,15,20H,6-7,10-14H2,1-3H3. The molecule has 3 heteroatoms. The predicted molar refractivity (Wildman–Crippen MR) is 86.5 cm³/mol. The predicted octanol–water partition coefficient (Wildman–Crippen LogP) is 3.32. The lowest BCUT2D eigenvalue weighted by Gasteiger charge is -2.41. The van der Waals surface area contributed by atoms with Crippen molar-refractivity contribution in [2.24, 2.45) is 11.3 Å². The van der Waals surface area contributed by atoms with E-state index in [9.17, 15) is 5.11 Å². The van der Waals surface area contributed by atoms with Gasteiger partial charge in [-0.15, -0.1) is 0 Å². The van der Waals surface area contributed by atoms with Crippen molar-refractivity contribution in [1.29, 1.82) is 0 Å². The van der Waals surface area contributed by atoms with Crippen molar-refractivity contribution in [2.45, 2.75) is 39.2 Å². The van der Waals surface area contributed by atoms with Crippen LogP contribution in [0.25, 0.3) is 0 Å². The van der Waals surface area contributed by atoms with E-state index in [-0.39, 0.29) is 5.41 Å². The highest BCUT2D eigenvalue weighted by Gasteiger charge is 2.35. The van der Waals surface area contributed by atoms with E-state index in [4.69, 9.17) is 4.74 Å². The van der Waals surface area contributed by atoms with Gasteiger partial charge in [0.1, 0.15) is 5.75 Å². The molecule has 1 fully saturated rings. The van der Waals surface area contributed by atoms with Crippen LogP contribution in [0.2, 0.25) is 0 Å². The number of methoxy groups -OCH3 is 1. The molecule has 0 heterocycles. The smallest absolute Gasteiger partial charge is 0.123 e. The van der Waals surface area contributed by atoms with Gasteiger partial charge >= 0.3 is 0 Å². The lowest BCUT2D eigenvalue weighted by Crippen LogP contribution is -2.41. The van der Waals surface area contributed by atoms with Crippen molar-refractivity contribution < 1.29 is 9.84 Å². The first-order valence-electron chi connectivity index (χ1n) is 8.00. The van der Waals surface area contributed by atoms with Gasteiger partial charge in [-0.1, -0.05) is 38.0 Å². The lowest BCUT2D eigenvalue weighted by atomic mass is 9.70. The van der Waals surface area contributed by atoms with Crippen LogP contribution in [0.3, 0.4) is 0 Å². The maximum atomic E-state index is 9.92. The Kier molecular flexibility index (Phi) is 5.65. The first-order valence-corrected chi connectivity index (χ1v) is 8.00. The number of rotatable bonds is 6.